The summed E-state index contributed by atoms with van der Waals surface area (Å²) in [6.07, 6.45) is 2.13. The van der Waals surface area contributed by atoms with Gasteiger partial charge < -0.3 is 18.8 Å². The molecule has 2 aliphatic heterocycles. The van der Waals surface area contributed by atoms with Gasteiger partial charge in [0, 0.05) is 18.6 Å². The summed E-state index contributed by atoms with van der Waals surface area (Å²) < 4.78 is 15.9. The van der Waals surface area contributed by atoms with Crippen LogP contribution in [0.5, 0.6) is 0 Å². The summed E-state index contributed by atoms with van der Waals surface area (Å²) in [7, 11) is -2.59. The van der Waals surface area contributed by atoms with Crippen molar-refractivity contribution in [2.45, 2.75) is 32.6 Å². The van der Waals surface area contributed by atoms with Gasteiger partial charge >= 0.3 is 11.9 Å². The quantitative estimate of drug-likeness (QED) is 0.804. The number of nitrogens with two attached hydrogens (primary N) is 1. The summed E-state index contributed by atoms with van der Waals surface area (Å²) in [4.78, 5) is 27.0. The highest BCUT2D eigenvalue weighted by Gasteiger charge is 2.39. The lowest BCUT2D eigenvalue weighted by molar-refractivity contribution is -0.129. The van der Waals surface area contributed by atoms with Gasteiger partial charge in [-0.05, 0) is 24.4 Å². The molecule has 0 bridgehead atoms. The average molecular weight is 288 g/mol. The van der Waals surface area contributed by atoms with Crippen molar-refractivity contribution in [2.24, 2.45) is 10.7 Å². The largest absolute Gasteiger partial charge is 0.369 e. The molecule has 0 saturated carbocycles. The Kier molecular flexibility index (Phi) is 3.81. The van der Waals surface area contributed by atoms with Crippen LogP contribution in [0.1, 0.15) is 20.3 Å². The maximum absolute atomic E-state index is 11.4. The van der Waals surface area contributed by atoms with E-state index in [0.717, 1.165) is 12.2 Å². The minimum atomic E-state index is -2.59. The van der Waals surface area contributed by atoms with Gasteiger partial charge in [-0.3, -0.25) is 0 Å². The highest BCUT2D eigenvalue weighted by molar-refractivity contribution is 8.38. The lowest BCUT2D eigenvalue weighted by Crippen LogP contribution is -2.37. The van der Waals surface area contributed by atoms with E-state index in [4.69, 9.17) is 18.8 Å². The Labute approximate surface area is 112 Å². The molecular weight excluding hydrogens is 272 g/mol. The molecule has 0 aliphatic carbocycles. The third kappa shape index (κ3) is 3.07. The molecule has 2 heterocycles. The van der Waals surface area contributed by atoms with Crippen molar-refractivity contribution >= 4 is 27.7 Å². The maximum atomic E-state index is 11.4. The highest BCUT2D eigenvalue weighted by Crippen LogP contribution is 2.54. The molecule has 8 heteroatoms. The molecule has 0 saturated heterocycles. The van der Waals surface area contributed by atoms with Gasteiger partial charge in [-0.2, -0.15) is 0 Å². The van der Waals surface area contributed by atoms with Crippen LogP contribution in [0.3, 0.4) is 0 Å². The fraction of sp³-hybridized carbons (Fsp3) is 0.545. The number of hydrogen-bond donors (Lipinski definition) is 1. The van der Waals surface area contributed by atoms with Gasteiger partial charge in [0.25, 0.3) is 0 Å². The van der Waals surface area contributed by atoms with Crippen molar-refractivity contribution in [3.8, 4) is 0 Å². The Morgan fingerprint density at radius 1 is 1.37 bits per heavy atom. The number of hydrogen-bond acceptors (Lipinski definition) is 7. The van der Waals surface area contributed by atoms with E-state index < -0.39 is 28.8 Å². The normalized spacial score (nSPS) is 27.5. The molecule has 0 aromatic carbocycles. The first-order valence-electron chi connectivity index (χ1n) is 5.86. The molecule has 2 N–H and O–H groups in total. The first-order valence-corrected chi connectivity index (χ1v) is 7.51. The smallest absolute Gasteiger partial charge is 0.354 e. The summed E-state index contributed by atoms with van der Waals surface area (Å²) in [6.45, 7) is 3.77. The Balaban J connectivity index is 2.21. The zero-order valence-corrected chi connectivity index (χ0v) is 11.5. The fourth-order valence-corrected chi connectivity index (χ4v) is 3.72. The molecular formula is C11H16N2O5S. The summed E-state index contributed by atoms with van der Waals surface area (Å²) >= 11 is 0. The van der Waals surface area contributed by atoms with Gasteiger partial charge in [-0.1, -0.05) is 0 Å². The number of carbonyl (C=O) groups excluding carboxylic acids is 2. The summed E-state index contributed by atoms with van der Waals surface area (Å²) in [5.74, 6) is -0.997. The molecule has 0 aromatic rings. The van der Waals surface area contributed by atoms with Crippen LogP contribution in [0, 0.1) is 0 Å². The maximum Gasteiger partial charge on any atom is 0.354 e. The molecule has 7 nitrogen and oxygen atoms in total. The predicted molar refractivity (Wildman–Crippen MR) is 70.0 cm³/mol. The van der Waals surface area contributed by atoms with Gasteiger partial charge in [-0.15, -0.1) is 0 Å². The summed E-state index contributed by atoms with van der Waals surface area (Å²) in [6, 6.07) is 0. The van der Waals surface area contributed by atoms with E-state index in [0.29, 0.717) is 12.2 Å². The van der Waals surface area contributed by atoms with Crippen molar-refractivity contribution in [1.82, 2.24) is 0 Å². The Morgan fingerprint density at radius 2 is 1.95 bits per heavy atom. The van der Waals surface area contributed by atoms with Gasteiger partial charge in [0.2, 0.25) is 5.17 Å². The van der Waals surface area contributed by atoms with E-state index in [1.807, 2.05) is 13.8 Å². The number of ether oxygens (including phenoxy) is 1. The van der Waals surface area contributed by atoms with Crippen LogP contribution in [-0.4, -0.2) is 35.2 Å². The van der Waals surface area contributed by atoms with Crippen molar-refractivity contribution in [2.75, 3.05) is 5.75 Å². The summed E-state index contributed by atoms with van der Waals surface area (Å²) in [5, 5.41) is 0.0230. The van der Waals surface area contributed by atoms with Crippen molar-refractivity contribution in [1.29, 1.82) is 0 Å². The Bertz CT molecular complexity index is 440. The second-order valence-corrected chi connectivity index (χ2v) is 6.74. The van der Waals surface area contributed by atoms with E-state index in [1.54, 1.807) is 0 Å². The third-order valence-corrected chi connectivity index (χ3v) is 4.82. The van der Waals surface area contributed by atoms with Crippen molar-refractivity contribution in [3.05, 3.63) is 12.2 Å². The predicted octanol–water partition coefficient (Wildman–Crippen LogP) is 0.747. The third-order valence-electron chi connectivity index (χ3n) is 2.44. The van der Waals surface area contributed by atoms with Crippen LogP contribution in [0.4, 0.5) is 0 Å². The number of aliphatic imine (C=N–C) groups is 1. The molecule has 2 aliphatic rings. The monoisotopic (exact) mass is 288 g/mol. The second-order valence-electron chi connectivity index (χ2n) is 4.35. The highest BCUT2D eigenvalue weighted by atomic mass is 32.3. The van der Waals surface area contributed by atoms with E-state index in [9.17, 15) is 9.59 Å². The Morgan fingerprint density at radius 3 is 2.42 bits per heavy atom. The van der Waals surface area contributed by atoms with Crippen molar-refractivity contribution in [3.63, 3.8) is 0 Å². The fourth-order valence-electron chi connectivity index (χ4n) is 1.70. The first-order chi connectivity index (χ1) is 8.91. The zero-order valence-electron chi connectivity index (χ0n) is 10.7. The molecule has 0 fully saturated rings. The SMILES string of the molecule is CC(C)OC1CCS2(OC(=O)C=CC(=O)O2)C(N)=N1. The number of nitrogens with zero attached hydrogens (tertiary/aromatic N) is 1. The first kappa shape index (κ1) is 13.9. The average Bonchev–Trinajstić information content (AvgIpc) is 2.44. The standard InChI is InChI=1S/C11H16N2O5S/c1-7(2)16-8-5-6-19(11(12)13-8)17-9(14)3-4-10(15)18-19/h3-4,7-8H,5-6H2,1-2H3,(H2,12,13). The topological polar surface area (TPSA) is 100 Å². The Hall–Kier alpha value is -1.54. The lowest BCUT2D eigenvalue weighted by atomic mass is 10.4. The molecule has 19 heavy (non-hydrogen) atoms. The molecule has 106 valence electrons. The van der Waals surface area contributed by atoms with Crippen molar-refractivity contribution < 1.29 is 22.7 Å². The molecule has 0 amide bonds. The van der Waals surface area contributed by atoms with Gasteiger partial charge in [0.1, 0.15) is 0 Å². The second kappa shape index (κ2) is 5.22. The van der Waals surface area contributed by atoms with Gasteiger partial charge in [0.05, 0.1) is 11.9 Å². The van der Waals surface area contributed by atoms with Crippen LogP contribution in [0.25, 0.3) is 0 Å². The molecule has 1 atom stereocenters. The van der Waals surface area contributed by atoms with Gasteiger partial charge in [0.15, 0.2) is 6.23 Å². The molecule has 1 spiro atoms. The van der Waals surface area contributed by atoms with Crippen LogP contribution in [0.15, 0.2) is 17.1 Å². The lowest BCUT2D eigenvalue weighted by Gasteiger charge is -2.42. The van der Waals surface area contributed by atoms with Crippen LogP contribution in [-0.2, 0) is 22.7 Å². The van der Waals surface area contributed by atoms with Crippen LogP contribution in [0.2, 0.25) is 0 Å². The number of amidine groups is 1. The molecule has 0 radical (unpaired) electrons. The van der Waals surface area contributed by atoms with Crippen LogP contribution < -0.4 is 5.73 Å². The van der Waals surface area contributed by atoms with E-state index in [2.05, 4.69) is 4.99 Å². The molecule has 0 aromatic heterocycles. The van der Waals surface area contributed by atoms with E-state index in [1.165, 1.54) is 0 Å². The number of carbonyl (C=O) groups is 2. The minimum Gasteiger partial charge on any atom is -0.369 e. The van der Waals surface area contributed by atoms with Gasteiger partial charge in [-0.25, -0.2) is 14.6 Å². The molecule has 2 rings (SSSR count). The number of rotatable bonds is 2. The van der Waals surface area contributed by atoms with E-state index >= 15 is 0 Å². The van der Waals surface area contributed by atoms with E-state index in [-0.39, 0.29) is 11.3 Å². The molecule has 1 unspecified atom stereocenters. The van der Waals surface area contributed by atoms with Crippen LogP contribution >= 0.6 is 10.6 Å². The minimum absolute atomic E-state index is 0.00602. The zero-order chi connectivity index (χ0) is 14.0. The summed E-state index contributed by atoms with van der Waals surface area (Å²) in [5.41, 5.74) is 5.83.